The van der Waals surface area contributed by atoms with Crippen LogP contribution in [0.15, 0.2) is 95.2 Å². The van der Waals surface area contributed by atoms with Gasteiger partial charge < -0.3 is 0 Å². The summed E-state index contributed by atoms with van der Waals surface area (Å²) in [4.78, 5) is 1.19. The van der Waals surface area contributed by atoms with Crippen LogP contribution in [0.2, 0.25) is 0 Å². The SMILES string of the molecule is Sc1c(-c2csc3c(C4CCCCC4)cc(-c4ccccc4)cc23)cc(-c2ccccc2)cc1C1CCCCC1. The number of benzene rings is 4. The molecule has 0 unspecified atom stereocenters. The molecule has 0 N–H and O–H groups in total. The Labute approximate surface area is 248 Å². The van der Waals surface area contributed by atoms with Crippen LogP contribution in [0.3, 0.4) is 0 Å². The van der Waals surface area contributed by atoms with Crippen LogP contribution in [0.5, 0.6) is 0 Å². The maximum Gasteiger partial charge on any atom is 0.0384 e. The van der Waals surface area contributed by atoms with Gasteiger partial charge >= 0.3 is 0 Å². The van der Waals surface area contributed by atoms with Crippen molar-refractivity contribution >= 4 is 34.1 Å². The van der Waals surface area contributed by atoms with E-state index < -0.39 is 0 Å². The first-order chi connectivity index (χ1) is 19.8. The molecule has 0 aliphatic heterocycles. The lowest BCUT2D eigenvalue weighted by Gasteiger charge is -2.26. The van der Waals surface area contributed by atoms with Crippen molar-refractivity contribution in [1.29, 1.82) is 0 Å². The molecule has 5 aromatic rings. The Morgan fingerprint density at radius 2 is 1.05 bits per heavy atom. The van der Waals surface area contributed by atoms with Crippen LogP contribution in [-0.4, -0.2) is 0 Å². The number of hydrogen-bond donors (Lipinski definition) is 1. The van der Waals surface area contributed by atoms with E-state index in [-0.39, 0.29) is 0 Å². The van der Waals surface area contributed by atoms with Crippen molar-refractivity contribution < 1.29 is 0 Å². The minimum Gasteiger partial charge on any atom is -0.143 e. The first kappa shape index (κ1) is 26.1. The van der Waals surface area contributed by atoms with Gasteiger partial charge in [-0.05, 0) is 106 Å². The molecule has 0 radical (unpaired) electrons. The summed E-state index contributed by atoms with van der Waals surface area (Å²) in [6, 6.07) is 31.8. The van der Waals surface area contributed by atoms with Gasteiger partial charge in [0, 0.05) is 20.5 Å². The Balaban J connectivity index is 1.45. The molecule has 0 spiro atoms. The summed E-state index contributed by atoms with van der Waals surface area (Å²) >= 11 is 7.27. The highest BCUT2D eigenvalue weighted by Gasteiger charge is 2.25. The highest BCUT2D eigenvalue weighted by molar-refractivity contribution is 7.80. The van der Waals surface area contributed by atoms with E-state index in [1.54, 1.807) is 5.56 Å². The van der Waals surface area contributed by atoms with E-state index >= 15 is 0 Å². The predicted molar refractivity (Wildman–Crippen MR) is 177 cm³/mol. The van der Waals surface area contributed by atoms with Crippen molar-refractivity contribution in [2.24, 2.45) is 0 Å². The molecule has 0 bridgehead atoms. The molecule has 40 heavy (non-hydrogen) atoms. The van der Waals surface area contributed by atoms with Crippen LogP contribution < -0.4 is 0 Å². The van der Waals surface area contributed by atoms with E-state index in [1.165, 1.54) is 118 Å². The van der Waals surface area contributed by atoms with Crippen LogP contribution in [-0.2, 0) is 0 Å². The summed E-state index contributed by atoms with van der Waals surface area (Å²) in [7, 11) is 0. The van der Waals surface area contributed by atoms with Gasteiger partial charge in [-0.1, -0.05) is 99.2 Å². The second-order valence-electron chi connectivity index (χ2n) is 12.0. The molecule has 1 aromatic heterocycles. The zero-order valence-corrected chi connectivity index (χ0v) is 25.0. The molecule has 2 heteroatoms. The molecule has 2 aliphatic rings. The molecule has 1 heterocycles. The van der Waals surface area contributed by atoms with E-state index in [2.05, 4.69) is 90.3 Å². The van der Waals surface area contributed by atoms with Gasteiger partial charge in [-0.3, -0.25) is 0 Å². The highest BCUT2D eigenvalue weighted by atomic mass is 32.1. The van der Waals surface area contributed by atoms with Crippen molar-refractivity contribution in [1.82, 2.24) is 0 Å². The zero-order chi connectivity index (χ0) is 26.9. The minimum atomic E-state index is 0.603. The van der Waals surface area contributed by atoms with Gasteiger partial charge in [0.2, 0.25) is 0 Å². The molecule has 7 rings (SSSR count). The summed E-state index contributed by atoms with van der Waals surface area (Å²) in [5.41, 5.74) is 10.9. The van der Waals surface area contributed by atoms with E-state index in [1.807, 2.05) is 11.3 Å². The van der Waals surface area contributed by atoms with Gasteiger partial charge in [0.15, 0.2) is 0 Å². The Kier molecular flexibility index (Phi) is 7.56. The number of hydrogen-bond acceptors (Lipinski definition) is 2. The lowest BCUT2D eigenvalue weighted by atomic mass is 9.81. The highest BCUT2D eigenvalue weighted by Crippen LogP contribution is 2.48. The summed E-state index contributed by atoms with van der Waals surface area (Å²) in [6.45, 7) is 0. The molecule has 0 amide bonds. The number of thiol groups is 1. The minimum absolute atomic E-state index is 0.603. The van der Waals surface area contributed by atoms with Gasteiger partial charge in [0.25, 0.3) is 0 Å². The fourth-order valence-corrected chi connectivity index (χ4v) is 8.85. The smallest absolute Gasteiger partial charge is 0.0384 e. The maximum atomic E-state index is 5.32. The van der Waals surface area contributed by atoms with Gasteiger partial charge in [0.05, 0.1) is 0 Å². The van der Waals surface area contributed by atoms with Crippen molar-refractivity contribution in [2.45, 2.75) is 80.9 Å². The third kappa shape index (κ3) is 5.06. The summed E-state index contributed by atoms with van der Waals surface area (Å²) in [5, 5.41) is 3.84. The first-order valence-corrected chi connectivity index (χ1v) is 16.6. The number of thiophene rings is 1. The number of fused-ring (bicyclic) bond motifs is 1. The van der Waals surface area contributed by atoms with E-state index in [9.17, 15) is 0 Å². The normalized spacial score (nSPS) is 16.9. The quantitative estimate of drug-likeness (QED) is 0.204. The second kappa shape index (κ2) is 11.6. The fraction of sp³-hybridized carbons (Fsp3) is 0.316. The Morgan fingerprint density at radius 3 is 1.65 bits per heavy atom. The summed E-state index contributed by atoms with van der Waals surface area (Å²) in [5.74, 6) is 1.27. The maximum absolute atomic E-state index is 5.32. The lowest BCUT2D eigenvalue weighted by molar-refractivity contribution is 0.440. The van der Waals surface area contributed by atoms with Gasteiger partial charge in [-0.2, -0.15) is 0 Å². The first-order valence-electron chi connectivity index (χ1n) is 15.3. The molecule has 2 aliphatic carbocycles. The molecule has 4 aromatic carbocycles. The van der Waals surface area contributed by atoms with Crippen molar-refractivity contribution in [3.8, 4) is 33.4 Å². The molecule has 0 atom stereocenters. The van der Waals surface area contributed by atoms with Crippen molar-refractivity contribution in [2.75, 3.05) is 0 Å². The number of rotatable bonds is 5. The Hall–Kier alpha value is -2.81. The van der Waals surface area contributed by atoms with Crippen LogP contribution in [0.1, 0.15) is 87.2 Å². The second-order valence-corrected chi connectivity index (χ2v) is 13.3. The van der Waals surface area contributed by atoms with E-state index in [0.717, 1.165) is 0 Å². The van der Waals surface area contributed by atoms with Gasteiger partial charge in [0.1, 0.15) is 0 Å². The van der Waals surface area contributed by atoms with E-state index in [0.29, 0.717) is 11.8 Å². The lowest BCUT2D eigenvalue weighted by Crippen LogP contribution is -2.06. The third-order valence-corrected chi connectivity index (χ3v) is 11.0. The fourth-order valence-electron chi connectivity index (χ4n) is 7.27. The monoisotopic (exact) mass is 558 g/mol. The molecule has 0 nitrogen and oxygen atoms in total. The van der Waals surface area contributed by atoms with Crippen molar-refractivity contribution in [3.63, 3.8) is 0 Å². The third-order valence-electron chi connectivity index (χ3n) is 9.44. The molecule has 2 saturated carbocycles. The average molecular weight is 559 g/mol. The standard InChI is InChI=1S/C38H38S2/c39-37-32(28-17-9-3-10-18-28)21-30(26-13-5-1-6-14-26)23-34(37)36-25-40-38-33(29-19-11-4-12-20-29)22-31(24-35(36)38)27-15-7-2-8-16-27/h1-2,5-8,13-16,21-25,28-29,39H,3-4,9-12,17-20H2. The Morgan fingerprint density at radius 1 is 0.525 bits per heavy atom. The van der Waals surface area contributed by atoms with Gasteiger partial charge in [-0.15, -0.1) is 24.0 Å². The predicted octanol–water partition coefficient (Wildman–Crippen LogP) is 12.3. The van der Waals surface area contributed by atoms with Crippen LogP contribution >= 0.6 is 24.0 Å². The largest absolute Gasteiger partial charge is 0.143 e. The zero-order valence-electron chi connectivity index (χ0n) is 23.2. The molecule has 0 saturated heterocycles. The van der Waals surface area contributed by atoms with Crippen LogP contribution in [0, 0.1) is 0 Å². The topological polar surface area (TPSA) is 0 Å². The molecule has 202 valence electrons. The molecule has 2 fully saturated rings. The summed E-state index contributed by atoms with van der Waals surface area (Å²) in [6.07, 6.45) is 13.3. The van der Waals surface area contributed by atoms with Crippen LogP contribution in [0.25, 0.3) is 43.5 Å². The van der Waals surface area contributed by atoms with E-state index in [4.69, 9.17) is 12.6 Å². The molecular weight excluding hydrogens is 521 g/mol. The van der Waals surface area contributed by atoms with Crippen LogP contribution in [0.4, 0.5) is 0 Å². The summed E-state index contributed by atoms with van der Waals surface area (Å²) < 4.78 is 1.48. The Bertz CT molecular complexity index is 1600. The molecular formula is C38H38S2. The average Bonchev–Trinajstić information content (AvgIpc) is 3.46. The van der Waals surface area contributed by atoms with Crippen molar-refractivity contribution in [3.05, 3.63) is 101 Å². The van der Waals surface area contributed by atoms with Gasteiger partial charge in [-0.25, -0.2) is 0 Å².